The average Bonchev–Trinajstić information content (AvgIpc) is 2.47. The summed E-state index contributed by atoms with van der Waals surface area (Å²) in [7, 11) is 1.89. The molecule has 0 spiro atoms. The molecule has 0 fully saturated rings. The molecule has 94 valence electrons. The summed E-state index contributed by atoms with van der Waals surface area (Å²) < 4.78 is 1.69. The van der Waals surface area contributed by atoms with Crippen molar-refractivity contribution in [3.8, 4) is 0 Å². The lowest BCUT2D eigenvalue weighted by Crippen LogP contribution is -2.35. The average molecular weight is 250 g/mol. The van der Waals surface area contributed by atoms with Gasteiger partial charge in [0, 0.05) is 18.5 Å². The number of pyridine rings is 1. The van der Waals surface area contributed by atoms with Gasteiger partial charge in [0.15, 0.2) is 0 Å². The zero-order valence-corrected chi connectivity index (χ0v) is 10.7. The number of para-hydroxylation sites is 2. The quantitative estimate of drug-likeness (QED) is 0.698. The Kier molecular flexibility index (Phi) is 2.80. The topological polar surface area (TPSA) is 25.2 Å². The molecular weight excluding hydrogens is 236 g/mol. The van der Waals surface area contributed by atoms with Gasteiger partial charge in [-0.25, -0.2) is 4.68 Å². The highest BCUT2D eigenvalue weighted by molar-refractivity contribution is 5.79. The fraction of sp³-hybridized carbons (Fsp3) is 0.0625. The Bertz CT molecular complexity index is 762. The first-order chi connectivity index (χ1) is 9.27. The lowest BCUT2D eigenvalue weighted by molar-refractivity contribution is 0.771. The van der Waals surface area contributed by atoms with Crippen LogP contribution >= 0.6 is 0 Å². The van der Waals surface area contributed by atoms with Gasteiger partial charge in [0.05, 0.1) is 11.2 Å². The first-order valence-corrected chi connectivity index (χ1v) is 6.17. The second kappa shape index (κ2) is 4.61. The molecule has 0 N–H and O–H groups in total. The number of aromatic nitrogens is 1. The summed E-state index contributed by atoms with van der Waals surface area (Å²) in [5.74, 6) is 0. The number of benzene rings is 2. The third-order valence-electron chi connectivity index (χ3n) is 3.21. The van der Waals surface area contributed by atoms with Crippen molar-refractivity contribution in [1.29, 1.82) is 0 Å². The molecule has 0 aliphatic rings. The Morgan fingerprint density at radius 3 is 2.32 bits per heavy atom. The third kappa shape index (κ3) is 1.99. The Balaban J connectivity index is 2.25. The summed E-state index contributed by atoms with van der Waals surface area (Å²) in [6.45, 7) is 0. The summed E-state index contributed by atoms with van der Waals surface area (Å²) in [4.78, 5) is 12.2. The molecule has 0 bridgehead atoms. The zero-order valence-electron chi connectivity index (χ0n) is 10.7. The van der Waals surface area contributed by atoms with E-state index in [2.05, 4.69) is 0 Å². The molecule has 0 aliphatic heterocycles. The van der Waals surface area contributed by atoms with E-state index in [1.54, 1.807) is 10.7 Å². The molecule has 3 rings (SSSR count). The summed E-state index contributed by atoms with van der Waals surface area (Å²) in [6, 6.07) is 21.2. The lowest BCUT2D eigenvalue weighted by atomic mass is 10.2. The SMILES string of the molecule is CN(c1ccccc1)n1c(=O)ccc2ccccc21. The largest absolute Gasteiger partial charge is 0.281 e. The molecule has 0 saturated heterocycles. The van der Waals surface area contributed by atoms with Gasteiger partial charge < -0.3 is 0 Å². The van der Waals surface area contributed by atoms with E-state index in [-0.39, 0.29) is 5.56 Å². The van der Waals surface area contributed by atoms with E-state index in [4.69, 9.17) is 0 Å². The van der Waals surface area contributed by atoms with Crippen LogP contribution in [-0.4, -0.2) is 11.7 Å². The van der Waals surface area contributed by atoms with E-state index in [0.717, 1.165) is 16.6 Å². The highest BCUT2D eigenvalue weighted by Crippen LogP contribution is 2.16. The molecule has 1 heterocycles. The second-order valence-corrected chi connectivity index (χ2v) is 4.40. The van der Waals surface area contributed by atoms with Gasteiger partial charge in [0.2, 0.25) is 0 Å². The van der Waals surface area contributed by atoms with Gasteiger partial charge in [0.25, 0.3) is 5.56 Å². The van der Waals surface area contributed by atoms with Crippen LogP contribution in [0.4, 0.5) is 5.69 Å². The maximum Gasteiger partial charge on any atom is 0.269 e. The molecule has 0 unspecified atom stereocenters. The second-order valence-electron chi connectivity index (χ2n) is 4.40. The van der Waals surface area contributed by atoms with Gasteiger partial charge in [-0.3, -0.25) is 9.80 Å². The number of anilines is 1. The molecule has 1 aromatic heterocycles. The van der Waals surface area contributed by atoms with Crippen molar-refractivity contribution in [2.24, 2.45) is 0 Å². The summed E-state index contributed by atoms with van der Waals surface area (Å²) in [6.07, 6.45) is 0. The maximum absolute atomic E-state index is 12.2. The van der Waals surface area contributed by atoms with Gasteiger partial charge in [-0.2, -0.15) is 0 Å². The van der Waals surface area contributed by atoms with Gasteiger partial charge in [-0.15, -0.1) is 0 Å². The third-order valence-corrected chi connectivity index (χ3v) is 3.21. The van der Waals surface area contributed by atoms with Crippen molar-refractivity contribution < 1.29 is 0 Å². The van der Waals surface area contributed by atoms with Crippen LogP contribution in [0.2, 0.25) is 0 Å². The predicted octanol–water partition coefficient (Wildman–Crippen LogP) is 2.90. The Morgan fingerprint density at radius 1 is 0.842 bits per heavy atom. The fourth-order valence-electron chi connectivity index (χ4n) is 2.24. The number of hydrogen-bond acceptors (Lipinski definition) is 2. The minimum atomic E-state index is -0.0370. The summed E-state index contributed by atoms with van der Waals surface area (Å²) in [5, 5.41) is 2.91. The van der Waals surface area contributed by atoms with Crippen LogP contribution in [0.3, 0.4) is 0 Å². The van der Waals surface area contributed by atoms with Crippen molar-refractivity contribution in [2.45, 2.75) is 0 Å². The van der Waals surface area contributed by atoms with Crippen LogP contribution in [0, 0.1) is 0 Å². The Labute approximate surface area is 111 Å². The number of fused-ring (bicyclic) bond motifs is 1. The van der Waals surface area contributed by atoms with Crippen LogP contribution in [0.5, 0.6) is 0 Å². The molecule has 0 atom stereocenters. The van der Waals surface area contributed by atoms with Crippen molar-refractivity contribution in [2.75, 3.05) is 12.1 Å². The monoisotopic (exact) mass is 250 g/mol. The van der Waals surface area contributed by atoms with E-state index in [0.29, 0.717) is 0 Å². The smallest absolute Gasteiger partial charge is 0.269 e. The Hall–Kier alpha value is -2.55. The van der Waals surface area contributed by atoms with Crippen LogP contribution in [0.25, 0.3) is 10.9 Å². The minimum absolute atomic E-state index is 0.0370. The van der Waals surface area contributed by atoms with Crippen molar-refractivity contribution in [1.82, 2.24) is 4.68 Å². The molecule has 3 aromatic rings. The van der Waals surface area contributed by atoms with E-state index >= 15 is 0 Å². The van der Waals surface area contributed by atoms with Gasteiger partial charge in [0.1, 0.15) is 0 Å². The molecule has 3 nitrogen and oxygen atoms in total. The standard InChI is InChI=1S/C16H14N2O/c1-17(14-8-3-2-4-9-14)18-15-10-6-5-7-13(15)11-12-16(18)19/h2-12H,1H3. The van der Waals surface area contributed by atoms with Crippen molar-refractivity contribution in [3.05, 3.63) is 77.1 Å². The molecule has 0 amide bonds. The maximum atomic E-state index is 12.2. The highest BCUT2D eigenvalue weighted by Gasteiger charge is 2.08. The van der Waals surface area contributed by atoms with Crippen LogP contribution < -0.4 is 10.6 Å². The van der Waals surface area contributed by atoms with Gasteiger partial charge in [-0.05, 0) is 24.3 Å². The highest BCUT2D eigenvalue weighted by atomic mass is 16.1. The van der Waals surface area contributed by atoms with Crippen LogP contribution in [0.15, 0.2) is 71.5 Å². The van der Waals surface area contributed by atoms with E-state index < -0.39 is 0 Å². The first kappa shape index (κ1) is 11.5. The predicted molar refractivity (Wildman–Crippen MR) is 78.5 cm³/mol. The van der Waals surface area contributed by atoms with Crippen LogP contribution in [-0.2, 0) is 0 Å². The van der Waals surface area contributed by atoms with Gasteiger partial charge >= 0.3 is 0 Å². The van der Waals surface area contributed by atoms with E-state index in [9.17, 15) is 4.79 Å². The molecular formula is C16H14N2O. The van der Waals surface area contributed by atoms with E-state index in [1.807, 2.05) is 72.7 Å². The molecule has 2 aromatic carbocycles. The normalized spacial score (nSPS) is 10.6. The van der Waals surface area contributed by atoms with Crippen molar-refractivity contribution >= 4 is 16.6 Å². The molecule has 0 radical (unpaired) electrons. The molecule has 3 heteroatoms. The van der Waals surface area contributed by atoms with Gasteiger partial charge in [-0.1, -0.05) is 36.4 Å². The van der Waals surface area contributed by atoms with E-state index in [1.165, 1.54) is 0 Å². The minimum Gasteiger partial charge on any atom is -0.281 e. The van der Waals surface area contributed by atoms with Crippen molar-refractivity contribution in [3.63, 3.8) is 0 Å². The number of nitrogens with zero attached hydrogens (tertiary/aromatic N) is 2. The number of rotatable bonds is 2. The molecule has 0 aliphatic carbocycles. The summed E-state index contributed by atoms with van der Waals surface area (Å²) in [5.41, 5.74) is 1.84. The Morgan fingerprint density at radius 2 is 1.53 bits per heavy atom. The van der Waals surface area contributed by atoms with Crippen LogP contribution in [0.1, 0.15) is 0 Å². The molecule has 19 heavy (non-hydrogen) atoms. The lowest BCUT2D eigenvalue weighted by Gasteiger charge is -2.23. The summed E-state index contributed by atoms with van der Waals surface area (Å²) >= 11 is 0. The number of hydrogen-bond donors (Lipinski definition) is 0. The fourth-order valence-corrected chi connectivity index (χ4v) is 2.24. The zero-order chi connectivity index (χ0) is 13.2. The first-order valence-electron chi connectivity index (χ1n) is 6.17. The molecule has 0 saturated carbocycles.